The Kier molecular flexibility index (Phi) is 5.58. The number of carbonyl (C=O) groups excluding carboxylic acids is 2. The first-order valence-corrected chi connectivity index (χ1v) is 9.77. The van der Waals surface area contributed by atoms with Crippen molar-refractivity contribution in [2.75, 3.05) is 32.4 Å². The molecule has 1 fully saturated rings. The van der Waals surface area contributed by atoms with E-state index in [1.807, 2.05) is 11.8 Å². The third-order valence-corrected chi connectivity index (χ3v) is 5.84. The molecule has 3 rings (SSSR count). The second-order valence-electron chi connectivity index (χ2n) is 6.53. The van der Waals surface area contributed by atoms with Crippen molar-refractivity contribution in [2.24, 2.45) is 0 Å². The predicted molar refractivity (Wildman–Crippen MR) is 95.4 cm³/mol. The largest absolute Gasteiger partial charge is 0.390 e. The molecule has 1 saturated heterocycles. The van der Waals surface area contributed by atoms with Crippen LogP contribution in [0.5, 0.6) is 0 Å². The smallest absolute Gasteiger partial charge is 0.261 e. The van der Waals surface area contributed by atoms with E-state index in [1.165, 1.54) is 17.7 Å². The Hall–Kier alpha value is -1.37. The van der Waals surface area contributed by atoms with Gasteiger partial charge in [-0.2, -0.15) is 11.8 Å². The number of hydrogen-bond acceptors (Lipinski definition) is 5. The van der Waals surface area contributed by atoms with Crippen LogP contribution in [0.25, 0.3) is 0 Å². The highest BCUT2D eigenvalue weighted by Crippen LogP contribution is 2.23. The number of aliphatic hydroxyl groups is 1. The summed E-state index contributed by atoms with van der Waals surface area (Å²) in [5.41, 5.74) is 0.874. The molecule has 0 saturated carbocycles. The predicted octanol–water partition coefficient (Wildman–Crippen LogP) is 1.86. The number of thioether (sulfide) groups is 1. The monoisotopic (exact) mass is 348 g/mol. The summed E-state index contributed by atoms with van der Waals surface area (Å²) in [5.74, 6) is -0.597. The van der Waals surface area contributed by atoms with Crippen LogP contribution in [0.3, 0.4) is 0 Å². The number of carbonyl (C=O) groups is 2. The van der Waals surface area contributed by atoms with Crippen LogP contribution >= 0.6 is 11.8 Å². The third-order valence-electron chi connectivity index (χ3n) is 4.79. The van der Waals surface area contributed by atoms with Crippen molar-refractivity contribution in [1.82, 2.24) is 9.80 Å². The molecule has 2 aliphatic heterocycles. The second-order valence-corrected chi connectivity index (χ2v) is 7.67. The van der Waals surface area contributed by atoms with Crippen molar-refractivity contribution in [1.29, 1.82) is 0 Å². The molecule has 0 aromatic heterocycles. The lowest BCUT2D eigenvalue weighted by atomic mass is 10.1. The molecule has 24 heavy (non-hydrogen) atoms. The standard InChI is InChI=1S/C18H24N2O3S/c1-24-14-6-4-5-9-19(12-14)10-13(21)11-20-17(22)15-7-2-3-8-16(15)18(20)23/h2-3,7-8,13-14,21H,4-6,9-12H2,1H3/t13-,14+/m0/s1. The summed E-state index contributed by atoms with van der Waals surface area (Å²) in [6, 6.07) is 6.84. The van der Waals surface area contributed by atoms with Gasteiger partial charge in [0.25, 0.3) is 11.8 Å². The minimum absolute atomic E-state index is 0.0623. The van der Waals surface area contributed by atoms with E-state index in [2.05, 4.69) is 11.2 Å². The van der Waals surface area contributed by atoms with Crippen LogP contribution in [-0.2, 0) is 0 Å². The molecule has 2 atom stereocenters. The van der Waals surface area contributed by atoms with Gasteiger partial charge < -0.3 is 5.11 Å². The van der Waals surface area contributed by atoms with E-state index >= 15 is 0 Å². The van der Waals surface area contributed by atoms with Crippen LogP contribution in [0.4, 0.5) is 0 Å². The second kappa shape index (κ2) is 7.68. The van der Waals surface area contributed by atoms with Crippen molar-refractivity contribution < 1.29 is 14.7 Å². The molecule has 6 heteroatoms. The van der Waals surface area contributed by atoms with Crippen molar-refractivity contribution in [3.8, 4) is 0 Å². The first-order valence-electron chi connectivity index (χ1n) is 8.48. The lowest BCUT2D eigenvalue weighted by molar-refractivity contribution is 0.0477. The summed E-state index contributed by atoms with van der Waals surface area (Å²) >= 11 is 1.87. The zero-order chi connectivity index (χ0) is 17.1. The average molecular weight is 348 g/mol. The quantitative estimate of drug-likeness (QED) is 0.823. The van der Waals surface area contributed by atoms with Gasteiger partial charge in [-0.15, -0.1) is 0 Å². The van der Waals surface area contributed by atoms with Crippen LogP contribution < -0.4 is 0 Å². The minimum atomic E-state index is -0.715. The molecule has 0 bridgehead atoms. The van der Waals surface area contributed by atoms with E-state index in [4.69, 9.17) is 0 Å². The summed E-state index contributed by atoms with van der Waals surface area (Å²) in [5, 5.41) is 11.0. The topological polar surface area (TPSA) is 60.9 Å². The zero-order valence-corrected chi connectivity index (χ0v) is 14.8. The normalized spacial score (nSPS) is 23.2. The fourth-order valence-corrected chi connectivity index (χ4v) is 4.27. The van der Waals surface area contributed by atoms with Gasteiger partial charge in [-0.05, 0) is 37.8 Å². The van der Waals surface area contributed by atoms with Gasteiger partial charge in [-0.25, -0.2) is 0 Å². The van der Waals surface area contributed by atoms with Crippen LogP contribution in [0.15, 0.2) is 24.3 Å². The van der Waals surface area contributed by atoms with Crippen molar-refractivity contribution in [2.45, 2.75) is 30.6 Å². The Bertz CT molecular complexity index is 587. The molecule has 0 aliphatic carbocycles. The highest BCUT2D eigenvalue weighted by Gasteiger charge is 2.36. The van der Waals surface area contributed by atoms with E-state index in [9.17, 15) is 14.7 Å². The van der Waals surface area contributed by atoms with Gasteiger partial charge in [-0.1, -0.05) is 18.6 Å². The first kappa shape index (κ1) is 17.5. The first-order chi connectivity index (χ1) is 11.6. The fourth-order valence-electron chi connectivity index (χ4n) is 3.51. The summed E-state index contributed by atoms with van der Waals surface area (Å²) < 4.78 is 0. The third kappa shape index (κ3) is 3.66. The van der Waals surface area contributed by atoms with Gasteiger partial charge in [0.1, 0.15) is 0 Å². The van der Waals surface area contributed by atoms with Crippen LogP contribution in [0.1, 0.15) is 40.0 Å². The number of nitrogens with zero attached hydrogens (tertiary/aromatic N) is 2. The van der Waals surface area contributed by atoms with Gasteiger partial charge in [0.15, 0.2) is 0 Å². The highest BCUT2D eigenvalue weighted by atomic mass is 32.2. The molecule has 130 valence electrons. The summed E-state index contributed by atoms with van der Waals surface area (Å²) in [6.07, 6.45) is 4.98. The molecule has 1 aromatic carbocycles. The number of likely N-dealkylation sites (tertiary alicyclic amines) is 1. The number of amides is 2. The molecular weight excluding hydrogens is 324 g/mol. The Balaban J connectivity index is 1.60. The Morgan fingerprint density at radius 3 is 2.46 bits per heavy atom. The number of aliphatic hydroxyl groups excluding tert-OH is 1. The van der Waals surface area contributed by atoms with Crippen molar-refractivity contribution in [3.05, 3.63) is 35.4 Å². The number of rotatable bonds is 5. The highest BCUT2D eigenvalue weighted by molar-refractivity contribution is 7.99. The Morgan fingerprint density at radius 2 is 1.83 bits per heavy atom. The number of β-amino-alcohol motifs (C(OH)–C–C–N with tert-alkyl or cyclic N) is 1. The van der Waals surface area contributed by atoms with Gasteiger partial charge in [0.05, 0.1) is 23.8 Å². The van der Waals surface area contributed by atoms with E-state index in [-0.39, 0.29) is 18.4 Å². The van der Waals surface area contributed by atoms with E-state index in [0.29, 0.717) is 22.9 Å². The molecule has 1 N–H and O–H groups in total. The van der Waals surface area contributed by atoms with Crippen LogP contribution in [-0.4, -0.2) is 70.5 Å². The number of fused-ring (bicyclic) bond motifs is 1. The maximum Gasteiger partial charge on any atom is 0.261 e. The van der Waals surface area contributed by atoms with Gasteiger partial charge in [-0.3, -0.25) is 19.4 Å². The molecule has 0 radical (unpaired) electrons. The average Bonchev–Trinajstić information content (AvgIpc) is 2.75. The lowest BCUT2D eigenvalue weighted by Crippen LogP contribution is -2.43. The Morgan fingerprint density at radius 1 is 1.17 bits per heavy atom. The number of imide groups is 1. The molecule has 2 amide bonds. The lowest BCUT2D eigenvalue weighted by Gasteiger charge is -2.27. The van der Waals surface area contributed by atoms with Crippen LogP contribution in [0, 0.1) is 0 Å². The molecule has 2 heterocycles. The molecule has 1 aromatic rings. The van der Waals surface area contributed by atoms with Crippen molar-refractivity contribution >= 4 is 23.6 Å². The van der Waals surface area contributed by atoms with Gasteiger partial charge in [0, 0.05) is 18.3 Å². The minimum Gasteiger partial charge on any atom is -0.390 e. The molecule has 5 nitrogen and oxygen atoms in total. The number of hydrogen-bond donors (Lipinski definition) is 1. The van der Waals surface area contributed by atoms with E-state index in [1.54, 1.807) is 24.3 Å². The molecule has 0 spiro atoms. The van der Waals surface area contributed by atoms with Gasteiger partial charge >= 0.3 is 0 Å². The van der Waals surface area contributed by atoms with Crippen molar-refractivity contribution in [3.63, 3.8) is 0 Å². The summed E-state index contributed by atoms with van der Waals surface area (Å²) in [7, 11) is 0. The van der Waals surface area contributed by atoms with E-state index in [0.717, 1.165) is 19.5 Å². The fraction of sp³-hybridized carbons (Fsp3) is 0.556. The molecular formula is C18H24N2O3S. The Labute approximate surface area is 147 Å². The van der Waals surface area contributed by atoms with Gasteiger partial charge in [0.2, 0.25) is 0 Å². The maximum atomic E-state index is 12.4. The van der Waals surface area contributed by atoms with E-state index < -0.39 is 6.10 Å². The SMILES string of the molecule is CS[C@@H]1CCCCN(C[C@H](O)CN2C(=O)c3ccccc3C2=O)C1. The molecule has 0 unspecified atom stereocenters. The summed E-state index contributed by atoms with van der Waals surface area (Å²) in [4.78, 5) is 28.2. The maximum absolute atomic E-state index is 12.4. The zero-order valence-electron chi connectivity index (χ0n) is 14.0. The number of benzene rings is 1. The molecule has 2 aliphatic rings. The van der Waals surface area contributed by atoms with Crippen LogP contribution in [0.2, 0.25) is 0 Å². The summed E-state index contributed by atoms with van der Waals surface area (Å²) in [6.45, 7) is 2.49.